The van der Waals surface area contributed by atoms with E-state index in [0.717, 1.165) is 76.9 Å². The molecule has 1 N–H and O–H groups in total. The molecule has 314 valence electrons. The lowest BCUT2D eigenvalue weighted by molar-refractivity contribution is -0.147. The average molecular weight is 750 g/mol. The Labute approximate surface area is 330 Å². The van der Waals surface area contributed by atoms with E-state index in [4.69, 9.17) is 9.47 Å². The van der Waals surface area contributed by atoms with Crippen LogP contribution in [0.15, 0.2) is 0 Å². The van der Waals surface area contributed by atoms with Gasteiger partial charge < -0.3 is 19.5 Å². The SMILES string of the molecule is CCCCCCCCCC(=O)OCC(C)(C)CCCCCN(CCCCO)CCCCCC1(CC(=O)OCCCC(CCCCC)CCCCC)CC1. The number of aliphatic hydroxyl groups excluding tert-OH is 1. The van der Waals surface area contributed by atoms with Crippen molar-refractivity contribution in [1.82, 2.24) is 4.90 Å². The summed E-state index contributed by atoms with van der Waals surface area (Å²) in [5.41, 5.74) is 0.247. The fourth-order valence-electron chi connectivity index (χ4n) is 7.96. The molecule has 53 heavy (non-hydrogen) atoms. The zero-order valence-electron chi connectivity index (χ0n) is 36.3. The van der Waals surface area contributed by atoms with Gasteiger partial charge in [-0.3, -0.25) is 9.59 Å². The molecule has 1 aliphatic carbocycles. The molecule has 0 unspecified atom stereocenters. The van der Waals surface area contributed by atoms with Crippen LogP contribution in [0.25, 0.3) is 0 Å². The topological polar surface area (TPSA) is 76.1 Å². The Morgan fingerprint density at radius 2 is 1.15 bits per heavy atom. The molecule has 0 aliphatic heterocycles. The summed E-state index contributed by atoms with van der Waals surface area (Å²) < 4.78 is 11.4. The van der Waals surface area contributed by atoms with Crippen LogP contribution in [0.4, 0.5) is 0 Å². The second-order valence-electron chi connectivity index (χ2n) is 18.0. The van der Waals surface area contributed by atoms with Crippen LogP contribution in [0.1, 0.15) is 234 Å². The van der Waals surface area contributed by atoms with E-state index in [-0.39, 0.29) is 29.4 Å². The standard InChI is InChI=1S/C47H91NO5/c1-6-9-12-13-14-15-20-31-44(50)53-42-46(4,5)32-21-16-23-36-48(38-25-26-39-49)37-24-17-22-33-47(34-35-47)41-45(51)52-40-27-30-43(28-18-10-7-2)29-19-11-8-3/h43,49H,6-42H2,1-5H3. The van der Waals surface area contributed by atoms with Gasteiger partial charge in [-0.05, 0) is 107 Å². The van der Waals surface area contributed by atoms with Crippen molar-refractivity contribution in [2.45, 2.75) is 234 Å². The highest BCUT2D eigenvalue weighted by atomic mass is 16.5. The van der Waals surface area contributed by atoms with Gasteiger partial charge in [0.15, 0.2) is 0 Å². The molecule has 0 radical (unpaired) electrons. The molecule has 0 heterocycles. The van der Waals surface area contributed by atoms with E-state index >= 15 is 0 Å². The summed E-state index contributed by atoms with van der Waals surface area (Å²) in [6.07, 6.45) is 36.3. The maximum absolute atomic E-state index is 12.7. The predicted molar refractivity (Wildman–Crippen MR) is 225 cm³/mol. The molecule has 0 saturated heterocycles. The molecule has 6 nitrogen and oxygen atoms in total. The largest absolute Gasteiger partial charge is 0.466 e. The molecule has 0 atom stereocenters. The minimum absolute atomic E-state index is 0.0248. The van der Waals surface area contributed by atoms with Gasteiger partial charge in [0.25, 0.3) is 0 Å². The molecule has 0 aromatic carbocycles. The molecule has 0 amide bonds. The van der Waals surface area contributed by atoms with Crippen LogP contribution in [0.3, 0.4) is 0 Å². The van der Waals surface area contributed by atoms with E-state index in [2.05, 4.69) is 39.5 Å². The second kappa shape index (κ2) is 33.0. The van der Waals surface area contributed by atoms with Gasteiger partial charge in [-0.15, -0.1) is 0 Å². The number of ether oxygens (including phenoxy) is 2. The Balaban J connectivity index is 2.23. The van der Waals surface area contributed by atoms with Crippen molar-refractivity contribution < 1.29 is 24.2 Å². The van der Waals surface area contributed by atoms with Crippen LogP contribution in [0.5, 0.6) is 0 Å². The van der Waals surface area contributed by atoms with Crippen LogP contribution in [-0.4, -0.2) is 61.4 Å². The van der Waals surface area contributed by atoms with Gasteiger partial charge in [0, 0.05) is 13.0 Å². The fourth-order valence-corrected chi connectivity index (χ4v) is 7.96. The first-order chi connectivity index (χ1) is 25.7. The van der Waals surface area contributed by atoms with Gasteiger partial charge >= 0.3 is 11.9 Å². The van der Waals surface area contributed by atoms with Crippen molar-refractivity contribution in [1.29, 1.82) is 0 Å². The van der Waals surface area contributed by atoms with Crippen LogP contribution >= 0.6 is 0 Å². The van der Waals surface area contributed by atoms with Crippen molar-refractivity contribution in [3.05, 3.63) is 0 Å². The lowest BCUT2D eigenvalue weighted by Crippen LogP contribution is -2.27. The highest BCUT2D eigenvalue weighted by Gasteiger charge is 2.43. The number of hydrogen-bond acceptors (Lipinski definition) is 6. The van der Waals surface area contributed by atoms with Crippen molar-refractivity contribution in [2.24, 2.45) is 16.7 Å². The monoisotopic (exact) mass is 750 g/mol. The number of aliphatic hydroxyl groups is 1. The molecule has 0 bridgehead atoms. The average Bonchev–Trinajstić information content (AvgIpc) is 3.90. The summed E-state index contributed by atoms with van der Waals surface area (Å²) in [5, 5.41) is 9.33. The predicted octanol–water partition coefficient (Wildman–Crippen LogP) is 13.2. The number of carbonyl (C=O) groups is 2. The third-order valence-corrected chi connectivity index (χ3v) is 11.9. The van der Waals surface area contributed by atoms with E-state index < -0.39 is 0 Å². The Bertz CT molecular complexity index is 846. The van der Waals surface area contributed by atoms with Crippen LogP contribution < -0.4 is 0 Å². The summed E-state index contributed by atoms with van der Waals surface area (Å²) in [7, 11) is 0. The highest BCUT2D eigenvalue weighted by Crippen LogP contribution is 2.53. The zero-order valence-corrected chi connectivity index (χ0v) is 36.3. The first kappa shape index (κ1) is 49.9. The Morgan fingerprint density at radius 3 is 1.75 bits per heavy atom. The summed E-state index contributed by atoms with van der Waals surface area (Å²) in [4.78, 5) is 27.6. The van der Waals surface area contributed by atoms with E-state index in [0.29, 0.717) is 26.1 Å². The van der Waals surface area contributed by atoms with Crippen molar-refractivity contribution in [2.75, 3.05) is 39.5 Å². The van der Waals surface area contributed by atoms with Crippen LogP contribution in [0.2, 0.25) is 0 Å². The molecule has 1 saturated carbocycles. The highest BCUT2D eigenvalue weighted by molar-refractivity contribution is 5.70. The molecular weight excluding hydrogens is 659 g/mol. The molecule has 0 aromatic heterocycles. The Hall–Kier alpha value is -1.14. The van der Waals surface area contributed by atoms with E-state index in [1.54, 1.807) is 0 Å². The van der Waals surface area contributed by atoms with Crippen LogP contribution in [-0.2, 0) is 19.1 Å². The lowest BCUT2D eigenvalue weighted by Gasteiger charge is -2.25. The second-order valence-corrected chi connectivity index (χ2v) is 18.0. The first-order valence-corrected chi connectivity index (χ1v) is 23.3. The smallest absolute Gasteiger partial charge is 0.306 e. The molecule has 1 fully saturated rings. The van der Waals surface area contributed by atoms with E-state index in [9.17, 15) is 14.7 Å². The number of carbonyl (C=O) groups excluding carboxylic acids is 2. The quantitative estimate of drug-likeness (QED) is 0.0496. The van der Waals surface area contributed by atoms with Gasteiger partial charge in [-0.2, -0.15) is 0 Å². The van der Waals surface area contributed by atoms with Crippen molar-refractivity contribution in [3.8, 4) is 0 Å². The molecule has 0 aromatic rings. The third-order valence-electron chi connectivity index (χ3n) is 11.9. The molecular formula is C47H91NO5. The van der Waals surface area contributed by atoms with Gasteiger partial charge in [0.2, 0.25) is 0 Å². The molecule has 0 spiro atoms. The minimum atomic E-state index is -0.0277. The van der Waals surface area contributed by atoms with Gasteiger partial charge in [-0.1, -0.05) is 150 Å². The number of unbranched alkanes of at least 4 members (excludes halogenated alkanes) is 15. The summed E-state index contributed by atoms with van der Waals surface area (Å²) >= 11 is 0. The minimum Gasteiger partial charge on any atom is -0.466 e. The van der Waals surface area contributed by atoms with Crippen molar-refractivity contribution >= 4 is 11.9 Å². The zero-order chi connectivity index (χ0) is 38.9. The maximum Gasteiger partial charge on any atom is 0.306 e. The summed E-state index contributed by atoms with van der Waals surface area (Å²) in [6.45, 7) is 16.0. The van der Waals surface area contributed by atoms with E-state index in [1.807, 2.05) is 0 Å². The van der Waals surface area contributed by atoms with Gasteiger partial charge in [-0.25, -0.2) is 0 Å². The molecule has 6 heteroatoms. The third kappa shape index (κ3) is 29.8. The number of nitrogens with zero attached hydrogens (tertiary/aromatic N) is 1. The lowest BCUT2D eigenvalue weighted by atomic mass is 9.88. The Morgan fingerprint density at radius 1 is 0.623 bits per heavy atom. The Kier molecular flexibility index (Phi) is 31.1. The first-order valence-electron chi connectivity index (χ1n) is 23.3. The summed E-state index contributed by atoms with van der Waals surface area (Å²) in [6, 6.07) is 0. The fraction of sp³-hybridized carbons (Fsp3) is 0.957. The number of rotatable bonds is 40. The normalized spacial score (nSPS) is 14.0. The molecule has 1 rings (SSSR count). The van der Waals surface area contributed by atoms with Crippen molar-refractivity contribution in [3.63, 3.8) is 0 Å². The molecule has 1 aliphatic rings. The van der Waals surface area contributed by atoms with E-state index in [1.165, 1.54) is 135 Å². The number of hydrogen-bond donors (Lipinski definition) is 1. The van der Waals surface area contributed by atoms with Gasteiger partial charge in [0.05, 0.1) is 19.6 Å². The van der Waals surface area contributed by atoms with Crippen LogP contribution in [0, 0.1) is 16.7 Å². The maximum atomic E-state index is 12.7. The van der Waals surface area contributed by atoms with Gasteiger partial charge in [0.1, 0.15) is 0 Å². The number of esters is 2. The summed E-state index contributed by atoms with van der Waals surface area (Å²) in [5.74, 6) is 0.812.